The van der Waals surface area contributed by atoms with Gasteiger partial charge >= 0.3 is 0 Å². The standard InChI is InChI=1S/C12H17NS/c1-8-2-3-10(6-8)12-13-11(7-14-12)9-4-5-9/h7-10H,2-6H2,1H3. The molecule has 2 saturated carbocycles. The summed E-state index contributed by atoms with van der Waals surface area (Å²) in [6.07, 6.45) is 6.91. The van der Waals surface area contributed by atoms with Crippen molar-refractivity contribution in [3.8, 4) is 0 Å². The molecule has 76 valence electrons. The van der Waals surface area contributed by atoms with Gasteiger partial charge in [0, 0.05) is 17.2 Å². The Morgan fingerprint density at radius 3 is 2.64 bits per heavy atom. The third kappa shape index (κ3) is 1.60. The van der Waals surface area contributed by atoms with Gasteiger partial charge in [-0.25, -0.2) is 4.98 Å². The maximum atomic E-state index is 4.81. The lowest BCUT2D eigenvalue weighted by Gasteiger charge is -2.03. The van der Waals surface area contributed by atoms with Crippen molar-refractivity contribution in [1.82, 2.24) is 4.98 Å². The van der Waals surface area contributed by atoms with Gasteiger partial charge < -0.3 is 0 Å². The molecule has 2 fully saturated rings. The topological polar surface area (TPSA) is 12.9 Å². The van der Waals surface area contributed by atoms with Crippen LogP contribution >= 0.6 is 11.3 Å². The van der Waals surface area contributed by atoms with Crippen molar-refractivity contribution in [2.75, 3.05) is 0 Å². The number of aromatic nitrogens is 1. The van der Waals surface area contributed by atoms with Crippen molar-refractivity contribution in [2.45, 2.75) is 50.9 Å². The molecule has 2 heteroatoms. The summed E-state index contributed by atoms with van der Waals surface area (Å²) in [5, 5.41) is 3.73. The van der Waals surface area contributed by atoms with Gasteiger partial charge in [-0.15, -0.1) is 11.3 Å². The number of rotatable bonds is 2. The lowest BCUT2D eigenvalue weighted by atomic mass is 10.1. The third-order valence-electron chi connectivity index (χ3n) is 3.58. The maximum absolute atomic E-state index is 4.81. The summed E-state index contributed by atoms with van der Waals surface area (Å²) in [5.74, 6) is 2.55. The molecule has 0 spiro atoms. The molecule has 0 radical (unpaired) electrons. The van der Waals surface area contributed by atoms with Crippen molar-refractivity contribution < 1.29 is 0 Å². The molecule has 2 aliphatic rings. The van der Waals surface area contributed by atoms with Crippen molar-refractivity contribution in [3.05, 3.63) is 16.1 Å². The predicted molar refractivity (Wildman–Crippen MR) is 59.8 cm³/mol. The lowest BCUT2D eigenvalue weighted by Crippen LogP contribution is -1.93. The minimum atomic E-state index is 0.794. The molecular weight excluding hydrogens is 190 g/mol. The van der Waals surface area contributed by atoms with Gasteiger partial charge in [0.2, 0.25) is 0 Å². The van der Waals surface area contributed by atoms with Crippen LogP contribution in [0.25, 0.3) is 0 Å². The molecule has 1 heterocycles. The van der Waals surface area contributed by atoms with Crippen molar-refractivity contribution in [3.63, 3.8) is 0 Å². The second-order valence-corrected chi connectivity index (χ2v) is 5.89. The molecule has 0 N–H and O–H groups in total. The SMILES string of the molecule is CC1CCC(c2nc(C3CC3)cs2)C1. The Morgan fingerprint density at radius 1 is 1.21 bits per heavy atom. The number of nitrogens with zero attached hydrogens (tertiary/aromatic N) is 1. The van der Waals surface area contributed by atoms with Crippen molar-refractivity contribution in [1.29, 1.82) is 0 Å². The summed E-state index contributed by atoms with van der Waals surface area (Å²) >= 11 is 1.91. The zero-order chi connectivity index (χ0) is 9.54. The molecule has 2 unspecified atom stereocenters. The Morgan fingerprint density at radius 2 is 2.00 bits per heavy atom. The third-order valence-corrected chi connectivity index (χ3v) is 4.60. The quantitative estimate of drug-likeness (QED) is 0.716. The molecule has 1 nitrogen and oxygen atoms in total. The lowest BCUT2D eigenvalue weighted by molar-refractivity contribution is 0.595. The van der Waals surface area contributed by atoms with Crippen LogP contribution in [-0.4, -0.2) is 4.98 Å². The molecule has 1 aromatic heterocycles. The second kappa shape index (κ2) is 3.34. The Labute approximate surface area is 89.6 Å². The molecule has 0 saturated heterocycles. The van der Waals surface area contributed by atoms with E-state index >= 15 is 0 Å². The van der Waals surface area contributed by atoms with Crippen LogP contribution in [-0.2, 0) is 0 Å². The summed E-state index contributed by atoms with van der Waals surface area (Å²) in [6, 6.07) is 0. The van der Waals surface area contributed by atoms with Gasteiger partial charge in [-0.05, 0) is 31.6 Å². The summed E-state index contributed by atoms with van der Waals surface area (Å²) in [6.45, 7) is 2.37. The van der Waals surface area contributed by atoms with E-state index in [1.165, 1.54) is 42.8 Å². The van der Waals surface area contributed by atoms with Crippen LogP contribution in [0.15, 0.2) is 5.38 Å². The van der Waals surface area contributed by atoms with E-state index in [0.29, 0.717) is 0 Å². The molecule has 0 bridgehead atoms. The smallest absolute Gasteiger partial charge is 0.0959 e. The molecule has 14 heavy (non-hydrogen) atoms. The van der Waals surface area contributed by atoms with Crippen LogP contribution in [0.2, 0.25) is 0 Å². The van der Waals surface area contributed by atoms with E-state index in [2.05, 4.69) is 12.3 Å². The summed E-state index contributed by atoms with van der Waals surface area (Å²) in [5.41, 5.74) is 1.39. The zero-order valence-electron chi connectivity index (χ0n) is 8.70. The van der Waals surface area contributed by atoms with E-state index in [1.54, 1.807) is 0 Å². The fraction of sp³-hybridized carbons (Fsp3) is 0.750. The number of thiazole rings is 1. The average Bonchev–Trinajstić information content (AvgIpc) is 2.76. The van der Waals surface area contributed by atoms with Gasteiger partial charge in [0.15, 0.2) is 0 Å². The Balaban J connectivity index is 1.75. The van der Waals surface area contributed by atoms with Gasteiger partial charge in [0.05, 0.1) is 10.7 Å². The zero-order valence-corrected chi connectivity index (χ0v) is 9.52. The van der Waals surface area contributed by atoms with E-state index in [1.807, 2.05) is 11.3 Å². The summed E-state index contributed by atoms with van der Waals surface area (Å²) in [7, 11) is 0. The first-order valence-electron chi connectivity index (χ1n) is 5.78. The van der Waals surface area contributed by atoms with E-state index < -0.39 is 0 Å². The second-order valence-electron chi connectivity index (χ2n) is 5.00. The molecule has 2 aliphatic carbocycles. The fourth-order valence-corrected chi connectivity index (χ4v) is 3.54. The largest absolute Gasteiger partial charge is 0.246 e. The van der Waals surface area contributed by atoms with Crippen LogP contribution in [0, 0.1) is 5.92 Å². The highest BCUT2D eigenvalue weighted by Crippen LogP contribution is 2.43. The van der Waals surface area contributed by atoms with Gasteiger partial charge in [-0.1, -0.05) is 13.3 Å². The van der Waals surface area contributed by atoms with Crippen molar-refractivity contribution >= 4 is 11.3 Å². The van der Waals surface area contributed by atoms with E-state index in [9.17, 15) is 0 Å². The molecule has 1 aromatic rings. The molecule has 0 aromatic carbocycles. The average molecular weight is 207 g/mol. The van der Waals surface area contributed by atoms with Gasteiger partial charge in [0.25, 0.3) is 0 Å². The Kier molecular flexibility index (Phi) is 2.12. The van der Waals surface area contributed by atoms with Gasteiger partial charge in [0.1, 0.15) is 0 Å². The Hall–Kier alpha value is -0.370. The van der Waals surface area contributed by atoms with E-state index in [0.717, 1.165) is 17.8 Å². The first-order chi connectivity index (χ1) is 6.83. The summed E-state index contributed by atoms with van der Waals surface area (Å²) in [4.78, 5) is 4.81. The normalized spacial score (nSPS) is 32.4. The van der Waals surface area contributed by atoms with Crippen LogP contribution in [0.4, 0.5) is 0 Å². The predicted octanol–water partition coefficient (Wildman–Crippen LogP) is 3.92. The molecule has 0 amide bonds. The minimum Gasteiger partial charge on any atom is -0.246 e. The molecule has 0 aliphatic heterocycles. The minimum absolute atomic E-state index is 0.794. The highest BCUT2D eigenvalue weighted by molar-refractivity contribution is 7.09. The maximum Gasteiger partial charge on any atom is 0.0959 e. The van der Waals surface area contributed by atoms with Crippen LogP contribution in [0.3, 0.4) is 0 Å². The highest BCUT2D eigenvalue weighted by Gasteiger charge is 2.29. The monoisotopic (exact) mass is 207 g/mol. The fourth-order valence-electron chi connectivity index (χ4n) is 2.49. The van der Waals surface area contributed by atoms with Crippen LogP contribution in [0.5, 0.6) is 0 Å². The number of hydrogen-bond donors (Lipinski definition) is 0. The molecule has 3 rings (SSSR count). The van der Waals surface area contributed by atoms with Crippen LogP contribution in [0.1, 0.15) is 61.6 Å². The molecular formula is C12H17NS. The highest BCUT2D eigenvalue weighted by atomic mass is 32.1. The first-order valence-corrected chi connectivity index (χ1v) is 6.66. The number of hydrogen-bond acceptors (Lipinski definition) is 2. The first kappa shape index (κ1) is 8.90. The van der Waals surface area contributed by atoms with Gasteiger partial charge in [-0.3, -0.25) is 0 Å². The van der Waals surface area contributed by atoms with Gasteiger partial charge in [-0.2, -0.15) is 0 Å². The van der Waals surface area contributed by atoms with E-state index in [-0.39, 0.29) is 0 Å². The van der Waals surface area contributed by atoms with E-state index in [4.69, 9.17) is 4.98 Å². The summed E-state index contributed by atoms with van der Waals surface area (Å²) < 4.78 is 0. The van der Waals surface area contributed by atoms with Crippen molar-refractivity contribution in [2.24, 2.45) is 5.92 Å². The molecule has 2 atom stereocenters. The Bertz CT molecular complexity index is 327. The van der Waals surface area contributed by atoms with Crippen LogP contribution < -0.4 is 0 Å².